The Morgan fingerprint density at radius 2 is 1.79 bits per heavy atom. The smallest absolute Gasteiger partial charge is 0.325 e. The van der Waals surface area contributed by atoms with Crippen LogP contribution in [-0.2, 0) is 30.3 Å². The summed E-state index contributed by atoms with van der Waals surface area (Å²) in [5.41, 5.74) is 0.818. The number of nitrogens with one attached hydrogen (secondary N) is 2. The minimum Gasteiger partial charge on any atom is -0.468 e. The van der Waals surface area contributed by atoms with Crippen LogP contribution in [0.2, 0.25) is 0 Å². The number of methoxy groups -OCH3 is 1. The standard InChI is InChI=1S/C21H29N3O5/c1-21(2,3)20(28)24-11-5-6-16(24)19(27)23-15-9-7-14(8-10-15)12-17(25)22-13-18(26)29-4/h7-10,16H,5-6,11-13H2,1-4H3,(H,22,25)(H,23,27). The highest BCUT2D eigenvalue weighted by Crippen LogP contribution is 2.26. The first-order chi connectivity index (χ1) is 13.6. The number of anilines is 1. The van der Waals surface area contributed by atoms with Crippen LogP contribution in [0.5, 0.6) is 0 Å². The summed E-state index contributed by atoms with van der Waals surface area (Å²) >= 11 is 0. The van der Waals surface area contributed by atoms with Gasteiger partial charge in [-0.2, -0.15) is 0 Å². The summed E-state index contributed by atoms with van der Waals surface area (Å²) in [6, 6.07) is 6.43. The maximum atomic E-state index is 12.7. The van der Waals surface area contributed by atoms with E-state index in [4.69, 9.17) is 0 Å². The normalized spacial score (nSPS) is 16.3. The molecule has 1 heterocycles. The van der Waals surface area contributed by atoms with Crippen LogP contribution in [0.1, 0.15) is 39.2 Å². The first-order valence-corrected chi connectivity index (χ1v) is 9.66. The second-order valence-corrected chi connectivity index (χ2v) is 8.12. The summed E-state index contributed by atoms with van der Waals surface area (Å²) in [5, 5.41) is 5.33. The predicted molar refractivity (Wildman–Crippen MR) is 108 cm³/mol. The highest BCUT2D eigenvalue weighted by molar-refractivity contribution is 5.98. The molecule has 29 heavy (non-hydrogen) atoms. The number of carbonyl (C=O) groups excluding carboxylic acids is 4. The molecular weight excluding hydrogens is 374 g/mol. The number of esters is 1. The van der Waals surface area contributed by atoms with Gasteiger partial charge in [-0.15, -0.1) is 0 Å². The molecule has 0 aliphatic carbocycles. The molecule has 1 aromatic carbocycles. The van der Waals surface area contributed by atoms with Crippen molar-refractivity contribution >= 4 is 29.4 Å². The molecule has 0 bridgehead atoms. The maximum Gasteiger partial charge on any atom is 0.325 e. The summed E-state index contributed by atoms with van der Waals surface area (Å²) in [4.78, 5) is 49.8. The topological polar surface area (TPSA) is 105 Å². The van der Waals surface area contributed by atoms with Crippen LogP contribution < -0.4 is 10.6 Å². The molecule has 0 radical (unpaired) electrons. The average Bonchev–Trinajstić information content (AvgIpc) is 3.16. The van der Waals surface area contributed by atoms with Crippen molar-refractivity contribution in [2.75, 3.05) is 25.5 Å². The van der Waals surface area contributed by atoms with E-state index in [0.717, 1.165) is 12.0 Å². The molecular formula is C21H29N3O5. The third kappa shape index (κ3) is 6.30. The van der Waals surface area contributed by atoms with E-state index < -0.39 is 17.4 Å². The largest absolute Gasteiger partial charge is 0.468 e. The average molecular weight is 403 g/mol. The molecule has 1 aliphatic heterocycles. The molecule has 1 aromatic rings. The first-order valence-electron chi connectivity index (χ1n) is 9.66. The minimum absolute atomic E-state index is 0.0246. The fourth-order valence-corrected chi connectivity index (χ4v) is 3.14. The van der Waals surface area contributed by atoms with E-state index in [-0.39, 0.29) is 30.7 Å². The number of ether oxygens (including phenoxy) is 1. The molecule has 1 fully saturated rings. The van der Waals surface area contributed by atoms with Crippen LogP contribution in [0.15, 0.2) is 24.3 Å². The van der Waals surface area contributed by atoms with E-state index in [2.05, 4.69) is 15.4 Å². The summed E-state index contributed by atoms with van der Waals surface area (Å²) in [5.74, 6) is -1.04. The summed E-state index contributed by atoms with van der Waals surface area (Å²) in [6.45, 7) is 5.97. The molecule has 2 rings (SSSR count). The van der Waals surface area contributed by atoms with Gasteiger partial charge in [-0.05, 0) is 30.5 Å². The van der Waals surface area contributed by atoms with Crippen LogP contribution >= 0.6 is 0 Å². The number of hydrogen-bond acceptors (Lipinski definition) is 5. The Morgan fingerprint density at radius 1 is 1.14 bits per heavy atom. The van der Waals surface area contributed by atoms with Crippen LogP contribution in [0.4, 0.5) is 5.69 Å². The third-order valence-electron chi connectivity index (χ3n) is 4.70. The van der Waals surface area contributed by atoms with Gasteiger partial charge in [-0.25, -0.2) is 0 Å². The molecule has 1 aliphatic rings. The molecule has 0 saturated carbocycles. The van der Waals surface area contributed by atoms with Gasteiger partial charge in [0.1, 0.15) is 12.6 Å². The Balaban J connectivity index is 1.92. The zero-order valence-electron chi connectivity index (χ0n) is 17.4. The molecule has 1 unspecified atom stereocenters. The van der Waals surface area contributed by atoms with Gasteiger partial charge in [-0.3, -0.25) is 19.2 Å². The Bertz CT molecular complexity index is 768. The number of hydrogen-bond donors (Lipinski definition) is 2. The van der Waals surface area contributed by atoms with Crippen molar-refractivity contribution in [1.29, 1.82) is 0 Å². The van der Waals surface area contributed by atoms with Gasteiger partial charge in [0.05, 0.1) is 13.5 Å². The summed E-state index contributed by atoms with van der Waals surface area (Å²) < 4.78 is 4.47. The number of likely N-dealkylation sites (tertiary alicyclic amines) is 1. The van der Waals surface area contributed by atoms with Gasteiger partial charge >= 0.3 is 5.97 Å². The molecule has 1 saturated heterocycles. The van der Waals surface area contributed by atoms with Crippen LogP contribution in [-0.4, -0.2) is 54.8 Å². The highest BCUT2D eigenvalue weighted by atomic mass is 16.5. The SMILES string of the molecule is COC(=O)CNC(=O)Cc1ccc(NC(=O)C2CCCN2C(=O)C(C)(C)C)cc1. The van der Waals surface area contributed by atoms with E-state index in [0.29, 0.717) is 18.7 Å². The van der Waals surface area contributed by atoms with Crippen molar-refractivity contribution in [2.45, 2.75) is 46.1 Å². The van der Waals surface area contributed by atoms with E-state index in [9.17, 15) is 19.2 Å². The van der Waals surface area contributed by atoms with Crippen LogP contribution in [0.25, 0.3) is 0 Å². The van der Waals surface area contributed by atoms with Gasteiger partial charge in [0, 0.05) is 17.6 Å². The molecule has 1 atom stereocenters. The van der Waals surface area contributed by atoms with Crippen molar-refractivity contribution in [3.63, 3.8) is 0 Å². The molecule has 158 valence electrons. The first kappa shape index (κ1) is 22.4. The third-order valence-corrected chi connectivity index (χ3v) is 4.70. The van der Waals surface area contributed by atoms with E-state index in [1.807, 2.05) is 20.8 Å². The lowest BCUT2D eigenvalue weighted by Gasteiger charge is -2.30. The fourth-order valence-electron chi connectivity index (χ4n) is 3.14. The van der Waals surface area contributed by atoms with E-state index in [1.165, 1.54) is 7.11 Å². The number of amides is 3. The van der Waals surface area contributed by atoms with Crippen LogP contribution in [0, 0.1) is 5.41 Å². The lowest BCUT2D eigenvalue weighted by atomic mass is 9.94. The molecule has 8 nitrogen and oxygen atoms in total. The highest BCUT2D eigenvalue weighted by Gasteiger charge is 2.38. The van der Waals surface area contributed by atoms with Crippen LogP contribution in [0.3, 0.4) is 0 Å². The zero-order valence-corrected chi connectivity index (χ0v) is 17.4. The van der Waals surface area contributed by atoms with Gasteiger partial charge in [0.15, 0.2) is 0 Å². The fraction of sp³-hybridized carbons (Fsp3) is 0.524. The van der Waals surface area contributed by atoms with Gasteiger partial charge < -0.3 is 20.3 Å². The quantitative estimate of drug-likeness (QED) is 0.701. The van der Waals surface area contributed by atoms with Gasteiger partial charge in [-0.1, -0.05) is 32.9 Å². The Kier molecular flexibility index (Phi) is 7.36. The molecule has 8 heteroatoms. The molecule has 2 N–H and O–H groups in total. The lowest BCUT2D eigenvalue weighted by molar-refractivity contribution is -0.143. The summed E-state index contributed by atoms with van der Waals surface area (Å²) in [7, 11) is 1.26. The van der Waals surface area contributed by atoms with Crippen molar-refractivity contribution in [1.82, 2.24) is 10.2 Å². The van der Waals surface area contributed by atoms with E-state index in [1.54, 1.807) is 29.2 Å². The molecule has 3 amide bonds. The monoisotopic (exact) mass is 403 g/mol. The number of rotatable bonds is 6. The Hall–Kier alpha value is -2.90. The summed E-state index contributed by atoms with van der Waals surface area (Å²) in [6.07, 6.45) is 1.56. The lowest BCUT2D eigenvalue weighted by Crippen LogP contribution is -2.47. The minimum atomic E-state index is -0.529. The number of carbonyl (C=O) groups is 4. The zero-order chi connectivity index (χ0) is 21.6. The van der Waals surface area contributed by atoms with Gasteiger partial charge in [0.2, 0.25) is 17.7 Å². The van der Waals surface area contributed by atoms with E-state index >= 15 is 0 Å². The number of nitrogens with zero attached hydrogens (tertiary/aromatic N) is 1. The van der Waals surface area contributed by atoms with Crippen molar-refractivity contribution in [3.8, 4) is 0 Å². The second kappa shape index (κ2) is 9.54. The maximum absolute atomic E-state index is 12.7. The Morgan fingerprint density at radius 3 is 2.38 bits per heavy atom. The Labute approximate surface area is 171 Å². The van der Waals surface area contributed by atoms with Crippen molar-refractivity contribution in [2.24, 2.45) is 5.41 Å². The molecule has 0 aromatic heterocycles. The number of benzene rings is 1. The van der Waals surface area contributed by atoms with Crippen molar-refractivity contribution < 1.29 is 23.9 Å². The molecule has 0 spiro atoms. The second-order valence-electron chi connectivity index (χ2n) is 8.12. The predicted octanol–water partition coefficient (Wildman–Crippen LogP) is 1.49. The van der Waals surface area contributed by atoms with Gasteiger partial charge in [0.25, 0.3) is 0 Å². The van der Waals surface area contributed by atoms with Crippen molar-refractivity contribution in [3.05, 3.63) is 29.8 Å².